The van der Waals surface area contributed by atoms with Gasteiger partial charge in [0.25, 0.3) is 0 Å². The fourth-order valence-corrected chi connectivity index (χ4v) is 1.95. The van der Waals surface area contributed by atoms with E-state index < -0.39 is 0 Å². The lowest BCUT2D eigenvalue weighted by atomic mass is 10.1. The quantitative estimate of drug-likeness (QED) is 0.664. The fourth-order valence-electron chi connectivity index (χ4n) is 1.95. The molecule has 1 fully saturated rings. The Morgan fingerprint density at radius 1 is 1.28 bits per heavy atom. The van der Waals surface area contributed by atoms with E-state index in [1.165, 1.54) is 7.11 Å². The number of carbonyl (C=O) groups excluding carboxylic acids is 3. The van der Waals surface area contributed by atoms with Crippen molar-refractivity contribution in [3.8, 4) is 0 Å². The lowest BCUT2D eigenvalue weighted by molar-refractivity contribution is -0.147. The number of methoxy groups -OCH3 is 1. The zero-order chi connectivity index (χ0) is 13.5. The summed E-state index contributed by atoms with van der Waals surface area (Å²) in [4.78, 5) is 35.8. The monoisotopic (exact) mass is 257 g/mol. The van der Waals surface area contributed by atoms with Gasteiger partial charge in [0, 0.05) is 19.5 Å². The molecule has 0 N–H and O–H groups in total. The normalized spacial score (nSPS) is 18.6. The number of hydrogen-bond acceptors (Lipinski definition) is 5. The van der Waals surface area contributed by atoms with Crippen LogP contribution in [0.3, 0.4) is 0 Å². The van der Waals surface area contributed by atoms with E-state index in [-0.39, 0.29) is 36.6 Å². The first-order valence-electron chi connectivity index (χ1n) is 6.09. The smallest absolute Gasteiger partial charge is 0.310 e. The van der Waals surface area contributed by atoms with Crippen molar-refractivity contribution in [2.45, 2.75) is 26.2 Å². The summed E-state index contributed by atoms with van der Waals surface area (Å²) in [5, 5.41) is 0. The summed E-state index contributed by atoms with van der Waals surface area (Å²) in [5.74, 6) is -0.999. The fraction of sp³-hybridized carbons (Fsp3) is 0.750. The summed E-state index contributed by atoms with van der Waals surface area (Å²) < 4.78 is 9.39. The molecule has 1 unspecified atom stereocenters. The summed E-state index contributed by atoms with van der Waals surface area (Å²) in [6.07, 6.45) is 0.844. The maximum absolute atomic E-state index is 11.8. The number of rotatable bonds is 5. The van der Waals surface area contributed by atoms with Crippen LogP contribution in [0.15, 0.2) is 0 Å². The maximum atomic E-state index is 11.8. The SMILES string of the molecule is CCOC(=O)CCC(=O)N1CCC(C(=O)OC)C1. The Labute approximate surface area is 106 Å². The van der Waals surface area contributed by atoms with Crippen molar-refractivity contribution in [2.24, 2.45) is 5.92 Å². The Balaban J connectivity index is 2.32. The number of amides is 1. The summed E-state index contributed by atoms with van der Waals surface area (Å²) >= 11 is 0. The molecule has 1 aliphatic heterocycles. The van der Waals surface area contributed by atoms with Gasteiger partial charge < -0.3 is 14.4 Å². The first-order valence-corrected chi connectivity index (χ1v) is 6.09. The lowest BCUT2D eigenvalue weighted by Crippen LogP contribution is -2.30. The largest absolute Gasteiger partial charge is 0.469 e. The van der Waals surface area contributed by atoms with Gasteiger partial charge in [-0.25, -0.2) is 0 Å². The molecule has 1 atom stereocenters. The van der Waals surface area contributed by atoms with Crippen LogP contribution < -0.4 is 0 Å². The molecule has 0 aromatic carbocycles. The highest BCUT2D eigenvalue weighted by Gasteiger charge is 2.31. The van der Waals surface area contributed by atoms with Crippen LogP contribution in [0.25, 0.3) is 0 Å². The van der Waals surface area contributed by atoms with Gasteiger partial charge in [0.2, 0.25) is 5.91 Å². The average Bonchev–Trinajstić information content (AvgIpc) is 2.85. The van der Waals surface area contributed by atoms with Gasteiger partial charge in [0.1, 0.15) is 0 Å². The third-order valence-corrected chi connectivity index (χ3v) is 2.92. The van der Waals surface area contributed by atoms with Crippen molar-refractivity contribution < 1.29 is 23.9 Å². The molecule has 1 aliphatic rings. The van der Waals surface area contributed by atoms with Gasteiger partial charge in [-0.15, -0.1) is 0 Å². The second kappa shape index (κ2) is 6.98. The first kappa shape index (κ1) is 14.5. The van der Waals surface area contributed by atoms with Gasteiger partial charge in [0.15, 0.2) is 0 Å². The summed E-state index contributed by atoms with van der Waals surface area (Å²) in [6, 6.07) is 0. The maximum Gasteiger partial charge on any atom is 0.310 e. The zero-order valence-corrected chi connectivity index (χ0v) is 10.8. The highest BCUT2D eigenvalue weighted by atomic mass is 16.5. The molecule has 0 spiro atoms. The third kappa shape index (κ3) is 4.01. The molecule has 18 heavy (non-hydrogen) atoms. The number of esters is 2. The van der Waals surface area contributed by atoms with E-state index in [1.54, 1.807) is 11.8 Å². The van der Waals surface area contributed by atoms with E-state index in [2.05, 4.69) is 4.74 Å². The summed E-state index contributed by atoms with van der Waals surface area (Å²) in [5.41, 5.74) is 0. The van der Waals surface area contributed by atoms with Crippen LogP contribution in [0, 0.1) is 5.92 Å². The first-order chi connectivity index (χ1) is 8.58. The van der Waals surface area contributed by atoms with E-state index >= 15 is 0 Å². The Bertz CT molecular complexity index is 328. The molecule has 1 saturated heterocycles. The molecule has 6 nitrogen and oxygen atoms in total. The number of nitrogens with zero attached hydrogens (tertiary/aromatic N) is 1. The van der Waals surface area contributed by atoms with Crippen LogP contribution in [0.5, 0.6) is 0 Å². The Morgan fingerprint density at radius 2 is 2.00 bits per heavy atom. The molecule has 0 bridgehead atoms. The van der Waals surface area contributed by atoms with Crippen molar-refractivity contribution in [2.75, 3.05) is 26.8 Å². The molecule has 0 aromatic heterocycles. The van der Waals surface area contributed by atoms with Crippen LogP contribution in [0.1, 0.15) is 26.2 Å². The van der Waals surface area contributed by atoms with Gasteiger partial charge in [-0.1, -0.05) is 0 Å². The summed E-state index contributed by atoms with van der Waals surface area (Å²) in [6.45, 7) is 2.97. The third-order valence-electron chi connectivity index (χ3n) is 2.92. The van der Waals surface area contributed by atoms with E-state index in [1.807, 2.05) is 0 Å². The van der Waals surface area contributed by atoms with E-state index in [4.69, 9.17) is 4.74 Å². The van der Waals surface area contributed by atoms with Crippen LogP contribution in [0.2, 0.25) is 0 Å². The molecule has 0 saturated carbocycles. The zero-order valence-electron chi connectivity index (χ0n) is 10.8. The van der Waals surface area contributed by atoms with E-state index in [9.17, 15) is 14.4 Å². The van der Waals surface area contributed by atoms with Gasteiger partial charge in [-0.3, -0.25) is 14.4 Å². The molecule has 1 heterocycles. The molecule has 6 heteroatoms. The molecule has 1 rings (SSSR count). The Hall–Kier alpha value is -1.59. The van der Waals surface area contributed by atoms with Crippen molar-refractivity contribution in [3.63, 3.8) is 0 Å². The van der Waals surface area contributed by atoms with Crippen molar-refractivity contribution in [1.29, 1.82) is 0 Å². The Kier molecular flexibility index (Phi) is 5.61. The number of hydrogen-bond donors (Lipinski definition) is 0. The molecule has 1 amide bonds. The molecule has 0 aromatic rings. The summed E-state index contributed by atoms with van der Waals surface area (Å²) in [7, 11) is 1.34. The number of ether oxygens (including phenoxy) is 2. The minimum absolute atomic E-state index is 0.0893. The predicted molar refractivity (Wildman–Crippen MR) is 62.6 cm³/mol. The molecule has 0 radical (unpaired) electrons. The highest BCUT2D eigenvalue weighted by molar-refractivity contribution is 5.82. The highest BCUT2D eigenvalue weighted by Crippen LogP contribution is 2.18. The van der Waals surface area contributed by atoms with E-state index in [0.29, 0.717) is 26.1 Å². The van der Waals surface area contributed by atoms with Gasteiger partial charge in [-0.2, -0.15) is 0 Å². The minimum Gasteiger partial charge on any atom is -0.469 e. The van der Waals surface area contributed by atoms with Crippen molar-refractivity contribution in [1.82, 2.24) is 4.90 Å². The van der Waals surface area contributed by atoms with Gasteiger partial charge in [-0.05, 0) is 13.3 Å². The van der Waals surface area contributed by atoms with Gasteiger partial charge in [0.05, 0.1) is 26.1 Å². The number of carbonyl (C=O) groups is 3. The predicted octanol–water partition coefficient (Wildman–Crippen LogP) is 0.351. The molecular formula is C12H19NO5. The topological polar surface area (TPSA) is 72.9 Å². The van der Waals surface area contributed by atoms with Crippen LogP contribution in [-0.2, 0) is 23.9 Å². The second-order valence-corrected chi connectivity index (χ2v) is 4.15. The van der Waals surface area contributed by atoms with Crippen molar-refractivity contribution >= 4 is 17.8 Å². The van der Waals surface area contributed by atoms with Crippen LogP contribution in [0.4, 0.5) is 0 Å². The van der Waals surface area contributed by atoms with E-state index in [0.717, 1.165) is 0 Å². The Morgan fingerprint density at radius 3 is 2.61 bits per heavy atom. The standard InChI is InChI=1S/C12H19NO5/c1-3-18-11(15)5-4-10(14)13-7-6-9(8-13)12(16)17-2/h9H,3-8H2,1-2H3. The van der Waals surface area contributed by atoms with Crippen LogP contribution in [-0.4, -0.2) is 49.6 Å². The minimum atomic E-state index is -0.366. The van der Waals surface area contributed by atoms with Gasteiger partial charge >= 0.3 is 11.9 Å². The lowest BCUT2D eigenvalue weighted by Gasteiger charge is -2.15. The second-order valence-electron chi connectivity index (χ2n) is 4.15. The van der Waals surface area contributed by atoms with Crippen molar-refractivity contribution in [3.05, 3.63) is 0 Å². The molecular weight excluding hydrogens is 238 g/mol. The molecule has 0 aliphatic carbocycles. The molecule has 102 valence electrons. The average molecular weight is 257 g/mol. The number of likely N-dealkylation sites (tertiary alicyclic amines) is 1. The van der Waals surface area contributed by atoms with Crippen LogP contribution >= 0.6 is 0 Å².